The zero-order chi connectivity index (χ0) is 17.3. The molecule has 0 unspecified atom stereocenters. The molecule has 1 fully saturated rings. The Morgan fingerprint density at radius 1 is 1.09 bits per heavy atom. The lowest BCUT2D eigenvalue weighted by Gasteiger charge is -2.32. The summed E-state index contributed by atoms with van der Waals surface area (Å²) in [5, 5.41) is 2.94. The van der Waals surface area contributed by atoms with Crippen molar-refractivity contribution < 1.29 is 14.1 Å². The maximum absolute atomic E-state index is 12.1. The van der Waals surface area contributed by atoms with Crippen molar-refractivity contribution in [2.75, 3.05) is 6.54 Å². The van der Waals surface area contributed by atoms with Crippen molar-refractivity contribution >= 4 is 18.5 Å². The molecule has 0 saturated carbocycles. The zero-order valence-corrected chi connectivity index (χ0v) is 15.1. The molecule has 1 aromatic carbocycles. The fourth-order valence-corrected chi connectivity index (χ4v) is 2.35. The highest BCUT2D eigenvalue weighted by molar-refractivity contribution is 6.62. The van der Waals surface area contributed by atoms with E-state index in [0.29, 0.717) is 18.0 Å². The first kappa shape index (κ1) is 18.0. The number of amides is 1. The molecule has 0 aromatic heterocycles. The molecular weight excluding hydrogens is 289 g/mol. The smallest absolute Gasteiger partial charge is 0.399 e. The molecular formula is C18H28BNO3. The quantitative estimate of drug-likeness (QED) is 0.850. The van der Waals surface area contributed by atoms with Gasteiger partial charge in [0.25, 0.3) is 5.91 Å². The van der Waals surface area contributed by atoms with Gasteiger partial charge in [-0.05, 0) is 57.6 Å². The van der Waals surface area contributed by atoms with Crippen molar-refractivity contribution in [3.8, 4) is 0 Å². The highest BCUT2D eigenvalue weighted by atomic mass is 16.7. The standard InChI is InChI=1S/C18H28BNO3/c1-13(2)11-12-20-16(21)14-7-9-15(10-8-14)19-22-17(3,4)18(5,6)23-19/h7-10,13H,11-12H2,1-6H3,(H,20,21). The highest BCUT2D eigenvalue weighted by Gasteiger charge is 2.51. The summed E-state index contributed by atoms with van der Waals surface area (Å²) in [5.74, 6) is 0.548. The Labute approximate surface area is 140 Å². The van der Waals surface area contributed by atoms with Crippen LogP contribution in [0.15, 0.2) is 24.3 Å². The van der Waals surface area contributed by atoms with Gasteiger partial charge in [-0.3, -0.25) is 4.79 Å². The van der Waals surface area contributed by atoms with Gasteiger partial charge in [-0.2, -0.15) is 0 Å². The van der Waals surface area contributed by atoms with E-state index in [-0.39, 0.29) is 17.1 Å². The summed E-state index contributed by atoms with van der Waals surface area (Å²) in [7, 11) is -0.391. The van der Waals surface area contributed by atoms with E-state index in [1.54, 1.807) is 0 Å². The van der Waals surface area contributed by atoms with Gasteiger partial charge in [-0.1, -0.05) is 26.0 Å². The van der Waals surface area contributed by atoms with E-state index in [0.717, 1.165) is 11.9 Å². The van der Waals surface area contributed by atoms with Gasteiger partial charge in [-0.15, -0.1) is 0 Å². The number of carbonyl (C=O) groups is 1. The maximum Gasteiger partial charge on any atom is 0.494 e. The molecule has 1 aromatic rings. The van der Waals surface area contributed by atoms with E-state index in [4.69, 9.17) is 9.31 Å². The summed E-state index contributed by atoms with van der Waals surface area (Å²) >= 11 is 0. The van der Waals surface area contributed by atoms with E-state index < -0.39 is 7.12 Å². The Balaban J connectivity index is 1.99. The Morgan fingerprint density at radius 2 is 1.61 bits per heavy atom. The first-order chi connectivity index (χ1) is 10.6. The van der Waals surface area contributed by atoms with Crippen LogP contribution < -0.4 is 10.8 Å². The maximum atomic E-state index is 12.1. The molecule has 0 radical (unpaired) electrons. The molecule has 1 N–H and O–H groups in total. The van der Waals surface area contributed by atoms with Crippen molar-refractivity contribution in [3.05, 3.63) is 29.8 Å². The summed E-state index contributed by atoms with van der Waals surface area (Å²) in [6, 6.07) is 7.45. The lowest BCUT2D eigenvalue weighted by atomic mass is 9.79. The van der Waals surface area contributed by atoms with Gasteiger partial charge in [0, 0.05) is 12.1 Å². The van der Waals surface area contributed by atoms with Crippen LogP contribution in [0, 0.1) is 5.92 Å². The Morgan fingerprint density at radius 3 is 2.09 bits per heavy atom. The Kier molecular flexibility index (Phi) is 5.22. The number of benzene rings is 1. The molecule has 126 valence electrons. The second kappa shape index (κ2) is 6.66. The van der Waals surface area contributed by atoms with Crippen LogP contribution in [-0.2, 0) is 9.31 Å². The van der Waals surface area contributed by atoms with Crippen LogP contribution in [0.4, 0.5) is 0 Å². The van der Waals surface area contributed by atoms with Crippen LogP contribution in [-0.4, -0.2) is 30.8 Å². The molecule has 0 bridgehead atoms. The van der Waals surface area contributed by atoms with Crippen LogP contribution in [0.25, 0.3) is 0 Å². The van der Waals surface area contributed by atoms with Gasteiger partial charge >= 0.3 is 7.12 Å². The molecule has 1 amide bonds. The van der Waals surface area contributed by atoms with E-state index in [1.807, 2.05) is 52.0 Å². The molecule has 0 spiro atoms. The minimum Gasteiger partial charge on any atom is -0.399 e. The molecule has 1 aliphatic rings. The molecule has 23 heavy (non-hydrogen) atoms. The van der Waals surface area contributed by atoms with E-state index in [2.05, 4.69) is 19.2 Å². The first-order valence-electron chi connectivity index (χ1n) is 8.36. The number of hydrogen-bond acceptors (Lipinski definition) is 3. The average Bonchev–Trinajstić information content (AvgIpc) is 2.67. The number of nitrogens with one attached hydrogen (secondary N) is 1. The van der Waals surface area contributed by atoms with E-state index >= 15 is 0 Å². The molecule has 1 heterocycles. The third kappa shape index (κ3) is 4.15. The van der Waals surface area contributed by atoms with E-state index in [1.165, 1.54) is 0 Å². The molecule has 4 nitrogen and oxygen atoms in total. The molecule has 1 saturated heterocycles. The molecule has 0 atom stereocenters. The fraction of sp³-hybridized carbons (Fsp3) is 0.611. The first-order valence-corrected chi connectivity index (χ1v) is 8.36. The van der Waals surface area contributed by atoms with Crippen molar-refractivity contribution in [1.29, 1.82) is 0 Å². The van der Waals surface area contributed by atoms with Crippen molar-refractivity contribution in [3.63, 3.8) is 0 Å². The lowest BCUT2D eigenvalue weighted by Crippen LogP contribution is -2.41. The average molecular weight is 317 g/mol. The second-order valence-corrected chi connectivity index (χ2v) is 7.65. The predicted molar refractivity (Wildman–Crippen MR) is 93.9 cm³/mol. The van der Waals surface area contributed by atoms with Gasteiger partial charge in [-0.25, -0.2) is 0 Å². The van der Waals surface area contributed by atoms with Crippen molar-refractivity contribution in [2.24, 2.45) is 5.92 Å². The second-order valence-electron chi connectivity index (χ2n) is 7.65. The van der Waals surface area contributed by atoms with Gasteiger partial charge in [0.1, 0.15) is 0 Å². The zero-order valence-electron chi connectivity index (χ0n) is 15.1. The van der Waals surface area contributed by atoms with Crippen molar-refractivity contribution in [1.82, 2.24) is 5.32 Å². The summed E-state index contributed by atoms with van der Waals surface area (Å²) in [4.78, 5) is 12.1. The normalized spacial score (nSPS) is 19.2. The molecule has 0 aliphatic carbocycles. The van der Waals surface area contributed by atoms with Crippen LogP contribution in [0.3, 0.4) is 0 Å². The van der Waals surface area contributed by atoms with Crippen LogP contribution >= 0.6 is 0 Å². The van der Waals surface area contributed by atoms with Crippen LogP contribution in [0.2, 0.25) is 0 Å². The number of carbonyl (C=O) groups excluding carboxylic acids is 1. The van der Waals surface area contributed by atoms with Crippen LogP contribution in [0.1, 0.15) is 58.3 Å². The fourth-order valence-electron chi connectivity index (χ4n) is 2.35. The predicted octanol–water partition coefficient (Wildman–Crippen LogP) is 2.76. The molecule has 2 rings (SSSR count). The number of hydrogen-bond donors (Lipinski definition) is 1. The molecule has 1 aliphatic heterocycles. The highest BCUT2D eigenvalue weighted by Crippen LogP contribution is 2.36. The summed E-state index contributed by atoms with van der Waals surface area (Å²) < 4.78 is 12.0. The van der Waals surface area contributed by atoms with Gasteiger partial charge in [0.15, 0.2) is 0 Å². The lowest BCUT2D eigenvalue weighted by molar-refractivity contribution is 0.00578. The Bertz CT molecular complexity index is 536. The summed E-state index contributed by atoms with van der Waals surface area (Å²) in [5.41, 5.74) is 0.881. The summed E-state index contributed by atoms with van der Waals surface area (Å²) in [6.07, 6.45) is 0.984. The summed E-state index contributed by atoms with van der Waals surface area (Å²) in [6.45, 7) is 13.1. The van der Waals surface area contributed by atoms with Gasteiger partial charge in [0.2, 0.25) is 0 Å². The third-order valence-corrected chi connectivity index (χ3v) is 4.71. The van der Waals surface area contributed by atoms with Gasteiger partial charge in [0.05, 0.1) is 11.2 Å². The van der Waals surface area contributed by atoms with Crippen molar-refractivity contribution in [2.45, 2.75) is 59.2 Å². The Hall–Kier alpha value is -1.33. The minimum atomic E-state index is -0.391. The molecule has 5 heteroatoms. The van der Waals surface area contributed by atoms with E-state index in [9.17, 15) is 4.79 Å². The monoisotopic (exact) mass is 317 g/mol. The number of rotatable bonds is 5. The largest absolute Gasteiger partial charge is 0.494 e. The minimum absolute atomic E-state index is 0.0360. The third-order valence-electron chi connectivity index (χ3n) is 4.71. The van der Waals surface area contributed by atoms with Crippen LogP contribution in [0.5, 0.6) is 0 Å². The SMILES string of the molecule is CC(C)CCNC(=O)c1ccc(B2OC(C)(C)C(C)(C)O2)cc1. The topological polar surface area (TPSA) is 47.6 Å². The van der Waals surface area contributed by atoms with Gasteiger partial charge < -0.3 is 14.6 Å².